The van der Waals surface area contributed by atoms with Crippen LogP contribution in [0, 0.1) is 5.82 Å². The molecule has 1 aromatic heterocycles. The Labute approximate surface area is 197 Å². The van der Waals surface area contributed by atoms with Crippen molar-refractivity contribution >= 4 is 38.6 Å². The van der Waals surface area contributed by atoms with Crippen molar-refractivity contribution in [2.75, 3.05) is 6.54 Å². The average Bonchev–Trinajstić information content (AvgIpc) is 3.29. The summed E-state index contributed by atoms with van der Waals surface area (Å²) in [6.45, 7) is 0.156. The van der Waals surface area contributed by atoms with Crippen LogP contribution >= 0.6 is 15.9 Å². The molecule has 0 saturated heterocycles. The van der Waals surface area contributed by atoms with E-state index in [4.69, 9.17) is 9.15 Å². The number of aromatic nitrogens is 2. The van der Waals surface area contributed by atoms with Crippen LogP contribution in [-0.2, 0) is 16.1 Å². The van der Waals surface area contributed by atoms with Gasteiger partial charge in [-0.15, -0.1) is 10.2 Å². The maximum atomic E-state index is 12.9. The fourth-order valence-corrected chi connectivity index (χ4v) is 3.51. The number of fused-ring (bicyclic) bond motifs is 1. The van der Waals surface area contributed by atoms with Crippen molar-refractivity contribution in [3.05, 3.63) is 82.4 Å². The van der Waals surface area contributed by atoms with Crippen LogP contribution in [0.15, 0.2) is 69.6 Å². The first-order chi connectivity index (χ1) is 16.0. The largest absolute Gasteiger partial charge is 0.456 e. The van der Waals surface area contributed by atoms with Crippen LogP contribution in [0.4, 0.5) is 4.39 Å². The average molecular weight is 512 g/mol. The number of nitrogens with zero attached hydrogens (tertiary/aromatic N) is 2. The number of ether oxygens (including phenoxy) is 1. The minimum atomic E-state index is -0.443. The van der Waals surface area contributed by atoms with Gasteiger partial charge >= 0.3 is 5.97 Å². The minimum absolute atomic E-state index is 0.116. The highest BCUT2D eigenvalue weighted by Gasteiger charge is 2.12. The number of benzene rings is 3. The minimum Gasteiger partial charge on any atom is -0.456 e. The molecule has 0 fully saturated rings. The SMILES string of the molecule is O=C(CCCNC(=O)c1ccc(F)cc1)OCc1nnc(-c2ccc3cc(Br)ccc3c2)o1. The zero-order valence-corrected chi connectivity index (χ0v) is 19.0. The van der Waals surface area contributed by atoms with Crippen molar-refractivity contribution in [1.82, 2.24) is 15.5 Å². The number of esters is 1. The zero-order valence-electron chi connectivity index (χ0n) is 17.4. The molecule has 1 N–H and O–H groups in total. The number of amides is 1. The molecule has 1 amide bonds. The molecular formula is C24H19BrFN3O4. The van der Waals surface area contributed by atoms with E-state index in [9.17, 15) is 14.0 Å². The Hall–Kier alpha value is -3.59. The van der Waals surface area contributed by atoms with E-state index in [0.717, 1.165) is 20.8 Å². The summed E-state index contributed by atoms with van der Waals surface area (Å²) in [6.07, 6.45) is 0.513. The summed E-state index contributed by atoms with van der Waals surface area (Å²) >= 11 is 3.45. The lowest BCUT2D eigenvalue weighted by atomic mass is 10.1. The van der Waals surface area contributed by atoms with Crippen LogP contribution < -0.4 is 5.32 Å². The van der Waals surface area contributed by atoms with Crippen molar-refractivity contribution in [3.8, 4) is 11.5 Å². The van der Waals surface area contributed by atoms with Gasteiger partial charge in [-0.3, -0.25) is 9.59 Å². The van der Waals surface area contributed by atoms with E-state index >= 15 is 0 Å². The van der Waals surface area contributed by atoms with Crippen molar-refractivity contribution in [2.24, 2.45) is 0 Å². The van der Waals surface area contributed by atoms with Gasteiger partial charge in [-0.25, -0.2) is 4.39 Å². The third-order valence-corrected chi connectivity index (χ3v) is 5.32. The predicted molar refractivity (Wildman–Crippen MR) is 123 cm³/mol. The van der Waals surface area contributed by atoms with Gasteiger partial charge in [0.15, 0.2) is 6.61 Å². The Balaban J connectivity index is 1.22. The summed E-state index contributed by atoms with van der Waals surface area (Å²) in [5.41, 5.74) is 1.12. The molecule has 4 aromatic rings. The van der Waals surface area contributed by atoms with Crippen molar-refractivity contribution in [3.63, 3.8) is 0 Å². The number of halogens is 2. The highest BCUT2D eigenvalue weighted by molar-refractivity contribution is 9.10. The van der Waals surface area contributed by atoms with E-state index in [1.54, 1.807) is 0 Å². The van der Waals surface area contributed by atoms with Crippen LogP contribution in [0.25, 0.3) is 22.2 Å². The van der Waals surface area contributed by atoms with E-state index < -0.39 is 11.8 Å². The summed E-state index contributed by atoms with van der Waals surface area (Å²) in [5, 5.41) is 12.7. The molecule has 33 heavy (non-hydrogen) atoms. The summed E-state index contributed by atoms with van der Waals surface area (Å²) in [4.78, 5) is 23.9. The molecule has 7 nitrogen and oxygen atoms in total. The molecule has 0 aliphatic rings. The van der Waals surface area contributed by atoms with Crippen LogP contribution in [0.2, 0.25) is 0 Å². The van der Waals surface area contributed by atoms with Crippen LogP contribution in [0.1, 0.15) is 29.1 Å². The molecule has 4 rings (SSSR count). The monoisotopic (exact) mass is 511 g/mol. The Morgan fingerprint density at radius 2 is 1.76 bits per heavy atom. The highest BCUT2D eigenvalue weighted by Crippen LogP contribution is 2.26. The van der Waals surface area contributed by atoms with Crippen LogP contribution in [0.5, 0.6) is 0 Å². The van der Waals surface area contributed by atoms with Crippen molar-refractivity contribution in [2.45, 2.75) is 19.4 Å². The van der Waals surface area contributed by atoms with Gasteiger partial charge in [-0.2, -0.15) is 0 Å². The maximum Gasteiger partial charge on any atom is 0.306 e. The van der Waals surface area contributed by atoms with Gasteiger partial charge in [0.2, 0.25) is 5.89 Å². The summed E-state index contributed by atoms with van der Waals surface area (Å²) in [6, 6.07) is 17.0. The molecule has 0 radical (unpaired) electrons. The number of carbonyl (C=O) groups is 2. The third-order valence-electron chi connectivity index (χ3n) is 4.82. The first-order valence-electron chi connectivity index (χ1n) is 10.2. The molecule has 0 aliphatic carbocycles. The topological polar surface area (TPSA) is 94.3 Å². The predicted octanol–water partition coefficient (Wildman–Crippen LogP) is 5.04. The van der Waals surface area contributed by atoms with Gasteiger partial charge in [0, 0.05) is 28.6 Å². The smallest absolute Gasteiger partial charge is 0.306 e. The summed E-state index contributed by atoms with van der Waals surface area (Å²) in [5.74, 6) is -0.647. The fraction of sp³-hybridized carbons (Fsp3) is 0.167. The Kier molecular flexibility index (Phi) is 7.09. The lowest BCUT2D eigenvalue weighted by Gasteiger charge is -2.05. The Morgan fingerprint density at radius 3 is 2.58 bits per heavy atom. The van der Waals surface area contributed by atoms with E-state index in [1.807, 2.05) is 36.4 Å². The van der Waals surface area contributed by atoms with E-state index in [0.29, 0.717) is 17.9 Å². The molecule has 9 heteroatoms. The molecule has 0 bridgehead atoms. The first kappa shape index (κ1) is 22.6. The first-order valence-corrected chi connectivity index (χ1v) is 11.0. The normalized spacial score (nSPS) is 10.8. The van der Waals surface area contributed by atoms with Gasteiger partial charge in [-0.1, -0.05) is 28.1 Å². The third kappa shape index (κ3) is 6.01. The van der Waals surface area contributed by atoms with E-state index in [-0.39, 0.29) is 31.4 Å². The Bertz CT molecular complexity index is 1290. The van der Waals surface area contributed by atoms with Crippen molar-refractivity contribution in [1.29, 1.82) is 0 Å². The lowest BCUT2D eigenvalue weighted by molar-refractivity contribution is -0.145. The standard InChI is InChI=1S/C24H19BrFN3O4/c25-19-8-5-16-12-18(4-3-17(16)13-19)24-29-28-21(33-24)14-32-22(30)2-1-11-27-23(31)15-6-9-20(26)10-7-15/h3-10,12-13H,1-2,11,14H2,(H,27,31). The molecular weight excluding hydrogens is 493 g/mol. The van der Waals surface area contributed by atoms with Gasteiger partial charge in [0.25, 0.3) is 11.8 Å². The molecule has 0 saturated carbocycles. The quantitative estimate of drug-likeness (QED) is 0.263. The number of carbonyl (C=O) groups excluding carboxylic acids is 2. The second kappa shape index (κ2) is 10.4. The van der Waals surface area contributed by atoms with Gasteiger partial charge < -0.3 is 14.5 Å². The van der Waals surface area contributed by atoms with Crippen LogP contribution in [-0.4, -0.2) is 28.6 Å². The van der Waals surface area contributed by atoms with Gasteiger partial charge in [0.1, 0.15) is 5.82 Å². The molecule has 168 valence electrons. The Morgan fingerprint density at radius 1 is 1.00 bits per heavy atom. The number of hydrogen-bond acceptors (Lipinski definition) is 6. The fourth-order valence-electron chi connectivity index (χ4n) is 3.13. The number of hydrogen-bond donors (Lipinski definition) is 1. The number of rotatable bonds is 8. The van der Waals surface area contributed by atoms with E-state index in [1.165, 1.54) is 24.3 Å². The highest BCUT2D eigenvalue weighted by atomic mass is 79.9. The van der Waals surface area contributed by atoms with Crippen molar-refractivity contribution < 1.29 is 23.1 Å². The second-order valence-corrected chi connectivity index (χ2v) is 8.15. The number of nitrogens with one attached hydrogen (secondary N) is 1. The molecule has 0 atom stereocenters. The molecule has 0 unspecified atom stereocenters. The second-order valence-electron chi connectivity index (χ2n) is 7.23. The summed E-state index contributed by atoms with van der Waals surface area (Å²) in [7, 11) is 0. The van der Waals surface area contributed by atoms with E-state index in [2.05, 4.69) is 31.4 Å². The summed E-state index contributed by atoms with van der Waals surface area (Å²) < 4.78 is 24.7. The molecule has 1 heterocycles. The zero-order chi connectivity index (χ0) is 23.2. The molecule has 3 aromatic carbocycles. The molecule has 0 spiro atoms. The van der Waals surface area contributed by atoms with Crippen LogP contribution in [0.3, 0.4) is 0 Å². The van der Waals surface area contributed by atoms with Gasteiger partial charge in [0.05, 0.1) is 0 Å². The maximum absolute atomic E-state index is 12.9. The molecule has 0 aliphatic heterocycles. The lowest BCUT2D eigenvalue weighted by Crippen LogP contribution is -2.25. The van der Waals surface area contributed by atoms with Gasteiger partial charge in [-0.05, 0) is 65.7 Å².